The van der Waals surface area contributed by atoms with Crippen molar-refractivity contribution in [2.45, 2.75) is 6.42 Å². The molecule has 1 heterocycles. The molecule has 0 atom stereocenters. The second-order valence-corrected chi connectivity index (χ2v) is 3.40. The summed E-state index contributed by atoms with van der Waals surface area (Å²) >= 11 is 5.54. The first-order chi connectivity index (χ1) is 6.90. The van der Waals surface area contributed by atoms with Gasteiger partial charge in [-0.05, 0) is 23.6 Å². The third-order valence-corrected chi connectivity index (χ3v) is 2.20. The highest BCUT2D eigenvalue weighted by Crippen LogP contribution is 2.13. The number of halogens is 1. The van der Waals surface area contributed by atoms with Gasteiger partial charge in [0, 0.05) is 29.6 Å². The van der Waals surface area contributed by atoms with E-state index in [0.717, 1.165) is 17.5 Å². The Bertz CT molecular complexity index is 487. The lowest BCUT2D eigenvalue weighted by Crippen LogP contribution is -1.75. The Labute approximate surface area is 88.1 Å². The van der Waals surface area contributed by atoms with E-state index in [1.165, 1.54) is 5.39 Å². The summed E-state index contributed by atoms with van der Waals surface area (Å²) in [5.41, 5.74) is 2.16. The van der Waals surface area contributed by atoms with Crippen LogP contribution in [0, 0.1) is 11.8 Å². The van der Waals surface area contributed by atoms with Crippen molar-refractivity contribution in [3.8, 4) is 11.8 Å². The topological polar surface area (TPSA) is 15.8 Å². The minimum atomic E-state index is 0.595. The van der Waals surface area contributed by atoms with Crippen LogP contribution in [-0.2, 0) is 0 Å². The molecule has 2 aromatic rings. The molecule has 0 fully saturated rings. The Morgan fingerprint density at radius 1 is 1.29 bits per heavy atom. The monoisotopic (exact) mass is 203 g/mol. The molecule has 14 heavy (non-hydrogen) atoms. The van der Waals surface area contributed by atoms with Crippen LogP contribution in [0.5, 0.6) is 0 Å². The first-order valence-electron chi connectivity index (χ1n) is 4.52. The molecule has 1 aromatic carbocycles. The lowest BCUT2D eigenvalue weighted by Gasteiger charge is -1.91. The van der Waals surface area contributed by atoms with Gasteiger partial charge in [-0.1, -0.05) is 17.9 Å². The molecule has 0 aliphatic heterocycles. The van der Waals surface area contributed by atoms with Crippen LogP contribution in [0.4, 0.5) is 0 Å². The van der Waals surface area contributed by atoms with Crippen LogP contribution in [0.15, 0.2) is 30.5 Å². The highest BCUT2D eigenvalue weighted by molar-refractivity contribution is 6.18. The third-order valence-electron chi connectivity index (χ3n) is 2.01. The lowest BCUT2D eigenvalue weighted by atomic mass is 10.2. The fourth-order valence-electron chi connectivity index (χ4n) is 1.34. The second kappa shape index (κ2) is 4.21. The van der Waals surface area contributed by atoms with Gasteiger partial charge in [0.05, 0.1) is 0 Å². The van der Waals surface area contributed by atoms with Crippen molar-refractivity contribution in [2.24, 2.45) is 0 Å². The smallest absolute Gasteiger partial charge is 0.0466 e. The van der Waals surface area contributed by atoms with Crippen molar-refractivity contribution in [1.82, 2.24) is 4.98 Å². The number of hydrogen-bond donors (Lipinski definition) is 1. The summed E-state index contributed by atoms with van der Waals surface area (Å²) < 4.78 is 0. The van der Waals surface area contributed by atoms with Crippen LogP contribution in [0.1, 0.15) is 12.0 Å². The molecule has 0 saturated carbocycles. The van der Waals surface area contributed by atoms with Gasteiger partial charge >= 0.3 is 0 Å². The number of H-pyrrole nitrogens is 1. The Hall–Kier alpha value is -1.39. The summed E-state index contributed by atoms with van der Waals surface area (Å²) in [4.78, 5) is 3.16. The molecule has 0 unspecified atom stereocenters. The molecule has 0 radical (unpaired) electrons. The Morgan fingerprint density at radius 3 is 3.07 bits per heavy atom. The Kier molecular flexibility index (Phi) is 2.76. The van der Waals surface area contributed by atoms with Gasteiger partial charge in [-0.3, -0.25) is 0 Å². The number of aromatic amines is 1. The standard InChI is InChI=1S/C12H10ClN/c13-7-2-1-3-10-4-5-11-6-8-14-12(11)9-10/h4-6,8-9,14H,2,7H2. The van der Waals surface area contributed by atoms with E-state index in [0.29, 0.717) is 5.88 Å². The molecule has 1 nitrogen and oxygen atoms in total. The number of rotatable bonds is 1. The van der Waals surface area contributed by atoms with E-state index in [9.17, 15) is 0 Å². The molecule has 0 bridgehead atoms. The first kappa shape index (κ1) is 9.18. The van der Waals surface area contributed by atoms with Gasteiger partial charge < -0.3 is 4.98 Å². The number of fused-ring (bicyclic) bond motifs is 1. The van der Waals surface area contributed by atoms with E-state index < -0.39 is 0 Å². The van der Waals surface area contributed by atoms with Crippen LogP contribution in [0.25, 0.3) is 10.9 Å². The van der Waals surface area contributed by atoms with Gasteiger partial charge in [-0.2, -0.15) is 0 Å². The summed E-state index contributed by atoms with van der Waals surface area (Å²) in [6.07, 6.45) is 2.67. The van der Waals surface area contributed by atoms with E-state index in [2.05, 4.69) is 29.0 Å². The van der Waals surface area contributed by atoms with Crippen LogP contribution in [0.3, 0.4) is 0 Å². The van der Waals surface area contributed by atoms with E-state index in [1.54, 1.807) is 0 Å². The number of aromatic nitrogens is 1. The largest absolute Gasteiger partial charge is 0.361 e. The van der Waals surface area contributed by atoms with Gasteiger partial charge in [0.15, 0.2) is 0 Å². The Balaban J connectivity index is 2.31. The predicted molar refractivity (Wildman–Crippen MR) is 60.5 cm³/mol. The number of alkyl halides is 1. The maximum Gasteiger partial charge on any atom is 0.0466 e. The molecule has 0 spiro atoms. The normalized spacial score (nSPS) is 9.79. The average molecular weight is 204 g/mol. The molecule has 1 aromatic heterocycles. The molecule has 0 aliphatic rings. The van der Waals surface area contributed by atoms with Gasteiger partial charge in [0.25, 0.3) is 0 Å². The summed E-state index contributed by atoms with van der Waals surface area (Å²) in [7, 11) is 0. The lowest BCUT2D eigenvalue weighted by molar-refractivity contribution is 1.29. The van der Waals surface area contributed by atoms with Gasteiger partial charge in [0.2, 0.25) is 0 Å². The van der Waals surface area contributed by atoms with E-state index in [1.807, 2.05) is 18.3 Å². The van der Waals surface area contributed by atoms with E-state index in [4.69, 9.17) is 11.6 Å². The van der Waals surface area contributed by atoms with Crippen LogP contribution in [-0.4, -0.2) is 10.9 Å². The first-order valence-corrected chi connectivity index (χ1v) is 5.05. The molecule has 1 N–H and O–H groups in total. The zero-order valence-corrected chi connectivity index (χ0v) is 8.43. The summed E-state index contributed by atoms with van der Waals surface area (Å²) in [5, 5.41) is 1.22. The highest BCUT2D eigenvalue weighted by atomic mass is 35.5. The van der Waals surface area contributed by atoms with Gasteiger partial charge in [-0.25, -0.2) is 0 Å². The fourth-order valence-corrected chi connectivity index (χ4v) is 1.43. The van der Waals surface area contributed by atoms with Crippen molar-refractivity contribution in [3.63, 3.8) is 0 Å². The Morgan fingerprint density at radius 2 is 2.21 bits per heavy atom. The van der Waals surface area contributed by atoms with Crippen molar-refractivity contribution >= 4 is 22.5 Å². The van der Waals surface area contributed by atoms with Gasteiger partial charge in [-0.15, -0.1) is 11.6 Å². The number of benzene rings is 1. The van der Waals surface area contributed by atoms with Crippen LogP contribution in [0.2, 0.25) is 0 Å². The fraction of sp³-hybridized carbons (Fsp3) is 0.167. The molecule has 2 rings (SSSR count). The van der Waals surface area contributed by atoms with Gasteiger partial charge in [0.1, 0.15) is 0 Å². The van der Waals surface area contributed by atoms with Crippen molar-refractivity contribution in [2.75, 3.05) is 5.88 Å². The maximum atomic E-state index is 5.54. The molecule has 70 valence electrons. The maximum absolute atomic E-state index is 5.54. The molecule has 2 heteroatoms. The summed E-state index contributed by atoms with van der Waals surface area (Å²) in [6, 6.07) is 8.19. The quantitative estimate of drug-likeness (QED) is 0.542. The summed E-state index contributed by atoms with van der Waals surface area (Å²) in [6.45, 7) is 0. The SMILES string of the molecule is ClCCC#Cc1ccc2cc[nH]c2c1. The molecular weight excluding hydrogens is 194 g/mol. The van der Waals surface area contributed by atoms with Crippen molar-refractivity contribution in [1.29, 1.82) is 0 Å². The molecule has 0 saturated heterocycles. The van der Waals surface area contributed by atoms with Crippen molar-refractivity contribution < 1.29 is 0 Å². The number of nitrogens with one attached hydrogen (secondary N) is 1. The van der Waals surface area contributed by atoms with Crippen LogP contribution < -0.4 is 0 Å². The summed E-state index contributed by atoms with van der Waals surface area (Å²) in [5.74, 6) is 6.68. The zero-order valence-electron chi connectivity index (χ0n) is 7.68. The second-order valence-electron chi connectivity index (χ2n) is 3.02. The molecule has 0 aliphatic carbocycles. The average Bonchev–Trinajstić information content (AvgIpc) is 2.65. The minimum Gasteiger partial charge on any atom is -0.361 e. The van der Waals surface area contributed by atoms with Crippen LogP contribution >= 0.6 is 11.6 Å². The molecule has 0 amide bonds. The highest BCUT2D eigenvalue weighted by Gasteiger charge is 1.93. The van der Waals surface area contributed by atoms with Crippen molar-refractivity contribution in [3.05, 3.63) is 36.0 Å². The predicted octanol–water partition coefficient (Wildman–Crippen LogP) is 3.15. The minimum absolute atomic E-state index is 0.595. The molecular formula is C12H10ClN. The number of hydrogen-bond acceptors (Lipinski definition) is 0. The van der Waals surface area contributed by atoms with E-state index in [-0.39, 0.29) is 0 Å². The zero-order chi connectivity index (χ0) is 9.80. The van der Waals surface area contributed by atoms with E-state index >= 15 is 0 Å². The third kappa shape index (κ3) is 1.92.